The maximum atomic E-state index is 11.7. The van der Waals surface area contributed by atoms with Crippen molar-refractivity contribution in [2.24, 2.45) is 11.8 Å². The molecule has 5 nitrogen and oxygen atoms in total. The molecule has 1 fully saturated rings. The third-order valence-corrected chi connectivity index (χ3v) is 3.67. The minimum absolute atomic E-state index is 0.163. The number of aliphatic carboxylic acids is 1. The van der Waals surface area contributed by atoms with E-state index < -0.39 is 11.9 Å². The van der Waals surface area contributed by atoms with Gasteiger partial charge in [-0.25, -0.2) is 0 Å². The SMILES string of the molecule is O=C(O)C1CC1C(=O)NCc1ccc2c(c1)CCO2. The molecule has 0 radical (unpaired) electrons. The van der Waals surface area contributed by atoms with Crippen LogP contribution in [0.4, 0.5) is 0 Å². The van der Waals surface area contributed by atoms with Gasteiger partial charge in [0.25, 0.3) is 0 Å². The standard InChI is InChI=1S/C14H15NO4/c16-13(10-6-11(10)14(17)18)15-7-8-1-2-12-9(5-8)3-4-19-12/h1-2,5,10-11H,3-4,6-7H2,(H,15,16)(H,17,18). The highest BCUT2D eigenvalue weighted by Gasteiger charge is 2.48. The molecule has 1 saturated carbocycles. The Morgan fingerprint density at radius 2 is 2.21 bits per heavy atom. The van der Waals surface area contributed by atoms with Gasteiger partial charge in [-0.1, -0.05) is 12.1 Å². The fourth-order valence-corrected chi connectivity index (χ4v) is 2.43. The molecule has 1 aromatic rings. The molecule has 1 aromatic carbocycles. The van der Waals surface area contributed by atoms with Crippen LogP contribution < -0.4 is 10.1 Å². The molecule has 2 unspecified atom stereocenters. The molecule has 5 heteroatoms. The van der Waals surface area contributed by atoms with Crippen molar-refractivity contribution in [3.05, 3.63) is 29.3 Å². The van der Waals surface area contributed by atoms with Crippen molar-refractivity contribution < 1.29 is 19.4 Å². The highest BCUT2D eigenvalue weighted by molar-refractivity contribution is 5.89. The number of carboxylic acids is 1. The van der Waals surface area contributed by atoms with Crippen molar-refractivity contribution in [2.75, 3.05) is 6.61 Å². The Balaban J connectivity index is 1.55. The molecule has 1 heterocycles. The molecular weight excluding hydrogens is 246 g/mol. The quantitative estimate of drug-likeness (QED) is 0.846. The number of rotatable bonds is 4. The highest BCUT2D eigenvalue weighted by Crippen LogP contribution is 2.38. The van der Waals surface area contributed by atoms with Crippen molar-refractivity contribution in [1.29, 1.82) is 0 Å². The Morgan fingerprint density at radius 1 is 1.37 bits per heavy atom. The van der Waals surface area contributed by atoms with E-state index in [1.54, 1.807) is 0 Å². The Kier molecular flexibility index (Phi) is 2.89. The topological polar surface area (TPSA) is 75.6 Å². The molecule has 2 N–H and O–H groups in total. The average molecular weight is 261 g/mol. The normalized spacial score (nSPS) is 23.4. The summed E-state index contributed by atoms with van der Waals surface area (Å²) < 4.78 is 5.42. The van der Waals surface area contributed by atoms with Crippen LogP contribution in [0, 0.1) is 11.8 Å². The van der Waals surface area contributed by atoms with E-state index in [1.807, 2.05) is 18.2 Å². The second kappa shape index (κ2) is 4.57. The first-order valence-electron chi connectivity index (χ1n) is 6.40. The molecule has 0 aromatic heterocycles. The molecule has 2 atom stereocenters. The third kappa shape index (κ3) is 2.41. The number of carbonyl (C=O) groups is 2. The number of hydrogen-bond donors (Lipinski definition) is 2. The second-order valence-corrected chi connectivity index (χ2v) is 5.05. The van der Waals surface area contributed by atoms with E-state index in [1.165, 1.54) is 5.56 Å². The average Bonchev–Trinajstić information content (AvgIpc) is 3.07. The Morgan fingerprint density at radius 3 is 2.95 bits per heavy atom. The van der Waals surface area contributed by atoms with E-state index in [4.69, 9.17) is 9.84 Å². The minimum atomic E-state index is -0.880. The van der Waals surface area contributed by atoms with Gasteiger partial charge in [0.2, 0.25) is 5.91 Å². The van der Waals surface area contributed by atoms with Crippen LogP contribution in [0.3, 0.4) is 0 Å². The first-order valence-corrected chi connectivity index (χ1v) is 6.40. The minimum Gasteiger partial charge on any atom is -0.493 e. The summed E-state index contributed by atoms with van der Waals surface area (Å²) in [4.78, 5) is 22.4. The smallest absolute Gasteiger partial charge is 0.307 e. The molecule has 1 aliphatic heterocycles. The largest absolute Gasteiger partial charge is 0.493 e. The molecule has 0 spiro atoms. The van der Waals surface area contributed by atoms with Gasteiger partial charge in [-0.2, -0.15) is 0 Å². The van der Waals surface area contributed by atoms with Gasteiger partial charge >= 0.3 is 5.97 Å². The van der Waals surface area contributed by atoms with Crippen LogP contribution in [0.2, 0.25) is 0 Å². The zero-order chi connectivity index (χ0) is 13.4. The number of carboxylic acid groups (broad SMARTS) is 1. The zero-order valence-electron chi connectivity index (χ0n) is 10.4. The van der Waals surface area contributed by atoms with E-state index in [2.05, 4.69) is 5.32 Å². The van der Waals surface area contributed by atoms with Crippen LogP contribution in [0.15, 0.2) is 18.2 Å². The van der Waals surface area contributed by atoms with Gasteiger partial charge in [-0.3, -0.25) is 9.59 Å². The third-order valence-electron chi connectivity index (χ3n) is 3.67. The molecule has 1 amide bonds. The van der Waals surface area contributed by atoms with Crippen LogP contribution in [-0.4, -0.2) is 23.6 Å². The lowest BCUT2D eigenvalue weighted by molar-refractivity contribution is -0.140. The van der Waals surface area contributed by atoms with Crippen molar-refractivity contribution in [2.45, 2.75) is 19.4 Å². The highest BCUT2D eigenvalue weighted by atomic mass is 16.5. The fraction of sp³-hybridized carbons (Fsp3) is 0.429. The molecule has 0 bridgehead atoms. The van der Waals surface area contributed by atoms with E-state index in [0.29, 0.717) is 19.6 Å². The van der Waals surface area contributed by atoms with Gasteiger partial charge < -0.3 is 15.2 Å². The summed E-state index contributed by atoms with van der Waals surface area (Å²) in [6.07, 6.45) is 1.36. The summed E-state index contributed by atoms with van der Waals surface area (Å²) in [5.74, 6) is -0.967. The lowest BCUT2D eigenvalue weighted by atomic mass is 10.1. The van der Waals surface area contributed by atoms with Crippen LogP contribution in [0.1, 0.15) is 17.5 Å². The second-order valence-electron chi connectivity index (χ2n) is 5.05. The molecule has 19 heavy (non-hydrogen) atoms. The monoisotopic (exact) mass is 261 g/mol. The molecular formula is C14H15NO4. The maximum Gasteiger partial charge on any atom is 0.307 e. The van der Waals surface area contributed by atoms with Gasteiger partial charge in [0, 0.05) is 13.0 Å². The van der Waals surface area contributed by atoms with Crippen molar-refractivity contribution in [3.8, 4) is 5.75 Å². The number of nitrogens with one attached hydrogen (secondary N) is 1. The number of fused-ring (bicyclic) bond motifs is 1. The number of carbonyl (C=O) groups excluding carboxylic acids is 1. The van der Waals surface area contributed by atoms with E-state index in [9.17, 15) is 9.59 Å². The van der Waals surface area contributed by atoms with Crippen LogP contribution in [-0.2, 0) is 22.6 Å². The van der Waals surface area contributed by atoms with Gasteiger partial charge in [0.05, 0.1) is 18.4 Å². The lowest BCUT2D eigenvalue weighted by Crippen LogP contribution is -2.25. The van der Waals surface area contributed by atoms with Crippen LogP contribution >= 0.6 is 0 Å². The summed E-state index contributed by atoms with van der Waals surface area (Å²) >= 11 is 0. The number of hydrogen-bond acceptors (Lipinski definition) is 3. The van der Waals surface area contributed by atoms with E-state index in [-0.39, 0.29) is 11.8 Å². The molecule has 2 aliphatic rings. The molecule has 1 aliphatic carbocycles. The Labute approximate surface area is 110 Å². The summed E-state index contributed by atoms with van der Waals surface area (Å²) in [6, 6.07) is 5.87. The van der Waals surface area contributed by atoms with Crippen LogP contribution in [0.5, 0.6) is 5.75 Å². The first-order chi connectivity index (χ1) is 9.15. The summed E-state index contributed by atoms with van der Waals surface area (Å²) in [7, 11) is 0. The first kappa shape index (κ1) is 12.0. The van der Waals surface area contributed by atoms with Crippen LogP contribution in [0.25, 0.3) is 0 Å². The van der Waals surface area contributed by atoms with Gasteiger partial charge in [-0.15, -0.1) is 0 Å². The van der Waals surface area contributed by atoms with Gasteiger partial charge in [-0.05, 0) is 23.6 Å². The number of benzene rings is 1. The summed E-state index contributed by atoms with van der Waals surface area (Å²) in [6.45, 7) is 1.16. The van der Waals surface area contributed by atoms with Crippen molar-refractivity contribution in [1.82, 2.24) is 5.32 Å². The Bertz CT molecular complexity index is 540. The number of amides is 1. The van der Waals surface area contributed by atoms with E-state index >= 15 is 0 Å². The van der Waals surface area contributed by atoms with Gasteiger partial charge in [0.15, 0.2) is 0 Å². The maximum absolute atomic E-state index is 11.7. The Hall–Kier alpha value is -2.04. The molecule has 100 valence electrons. The summed E-state index contributed by atoms with van der Waals surface area (Å²) in [5, 5.41) is 11.6. The molecule has 0 saturated heterocycles. The summed E-state index contributed by atoms with van der Waals surface area (Å²) in [5.41, 5.74) is 2.19. The zero-order valence-corrected chi connectivity index (χ0v) is 10.4. The van der Waals surface area contributed by atoms with Crippen molar-refractivity contribution in [3.63, 3.8) is 0 Å². The lowest BCUT2D eigenvalue weighted by Gasteiger charge is -2.06. The predicted octanol–water partition coefficient (Wildman–Crippen LogP) is 0.958. The number of ether oxygens (including phenoxy) is 1. The fourth-order valence-electron chi connectivity index (χ4n) is 2.43. The van der Waals surface area contributed by atoms with E-state index in [0.717, 1.165) is 17.7 Å². The molecule has 3 rings (SSSR count). The van der Waals surface area contributed by atoms with Crippen molar-refractivity contribution >= 4 is 11.9 Å². The van der Waals surface area contributed by atoms with Gasteiger partial charge in [0.1, 0.15) is 5.75 Å². The predicted molar refractivity (Wildman–Crippen MR) is 66.7 cm³/mol.